The number of benzene rings is 2. The third kappa shape index (κ3) is 3.56. The van der Waals surface area contributed by atoms with E-state index in [2.05, 4.69) is 108 Å². The van der Waals surface area contributed by atoms with E-state index in [0.29, 0.717) is 0 Å². The number of nitrogens with zero attached hydrogens (tertiary/aromatic N) is 1. The first kappa shape index (κ1) is 23.7. The fourth-order valence-electron chi connectivity index (χ4n) is 6.67. The minimum Gasteiger partial charge on any atom is -0.192 e. The van der Waals surface area contributed by atoms with Crippen LogP contribution in [0.4, 0.5) is 0 Å². The number of unbranched alkanes of at least 4 members (excludes halogenated alkanes) is 1. The molecule has 1 aliphatic rings. The Morgan fingerprint density at radius 3 is 2.21 bits per heavy atom. The lowest BCUT2D eigenvalue weighted by atomic mass is 9.58. The first-order valence-corrected chi connectivity index (χ1v) is 13.1. The van der Waals surface area contributed by atoms with Crippen LogP contribution in [0.25, 0.3) is 22.4 Å². The summed E-state index contributed by atoms with van der Waals surface area (Å²) in [4.78, 5) is 0. The molecular formula is C32H42N+. The van der Waals surface area contributed by atoms with Gasteiger partial charge < -0.3 is 0 Å². The van der Waals surface area contributed by atoms with E-state index < -0.39 is 0 Å². The number of fused-ring (bicyclic) bond motifs is 3. The Morgan fingerprint density at radius 1 is 0.788 bits per heavy atom. The summed E-state index contributed by atoms with van der Waals surface area (Å²) in [6.45, 7) is 16.4. The van der Waals surface area contributed by atoms with Crippen LogP contribution in [-0.2, 0) is 17.4 Å². The van der Waals surface area contributed by atoms with Crippen molar-refractivity contribution in [2.75, 3.05) is 0 Å². The van der Waals surface area contributed by atoms with E-state index in [0.717, 1.165) is 19.3 Å². The normalized spacial score (nSPS) is 18.6. The summed E-state index contributed by atoms with van der Waals surface area (Å²) in [5.74, 6) is 0. The Balaban J connectivity index is 1.92. The zero-order chi connectivity index (χ0) is 23.8. The fraction of sp³-hybridized carbons (Fsp3) is 0.469. The van der Waals surface area contributed by atoms with Crippen molar-refractivity contribution in [3.8, 4) is 22.4 Å². The van der Waals surface area contributed by atoms with Crippen molar-refractivity contribution in [3.05, 3.63) is 77.0 Å². The Labute approximate surface area is 201 Å². The molecule has 4 rings (SSSR count). The highest BCUT2D eigenvalue weighted by Gasteiger charge is 2.58. The molecule has 0 saturated carbocycles. The standard InChI is InChI=1S/C32H42N/c1-8-12-15-25-20-24(6)27(21-23(25)5)26-17-18-29-28(22-26)30-16-13-14-19-33(30)32(10-3,11-4)31(29,7)9-2/h13-14,16-22H,8-12,15H2,1-7H3/q+1. The summed E-state index contributed by atoms with van der Waals surface area (Å²) in [6, 6.07) is 18.9. The maximum Gasteiger partial charge on any atom is 0.213 e. The topological polar surface area (TPSA) is 3.88 Å². The van der Waals surface area contributed by atoms with Gasteiger partial charge in [-0.2, -0.15) is 4.57 Å². The van der Waals surface area contributed by atoms with Crippen LogP contribution in [0.2, 0.25) is 0 Å². The molecule has 174 valence electrons. The van der Waals surface area contributed by atoms with Crippen LogP contribution >= 0.6 is 0 Å². The molecule has 33 heavy (non-hydrogen) atoms. The predicted octanol–water partition coefficient (Wildman–Crippen LogP) is 8.46. The van der Waals surface area contributed by atoms with Crippen LogP contribution in [0.3, 0.4) is 0 Å². The summed E-state index contributed by atoms with van der Waals surface area (Å²) >= 11 is 0. The summed E-state index contributed by atoms with van der Waals surface area (Å²) in [6.07, 6.45) is 9.41. The molecule has 1 aromatic heterocycles. The average molecular weight is 441 g/mol. The van der Waals surface area contributed by atoms with Crippen molar-refractivity contribution >= 4 is 0 Å². The second kappa shape index (κ2) is 9.09. The molecule has 2 aromatic carbocycles. The molecule has 1 unspecified atom stereocenters. The molecule has 0 N–H and O–H groups in total. The smallest absolute Gasteiger partial charge is 0.192 e. The summed E-state index contributed by atoms with van der Waals surface area (Å²) in [5, 5.41) is 0. The van der Waals surface area contributed by atoms with Crippen molar-refractivity contribution in [1.29, 1.82) is 0 Å². The Morgan fingerprint density at radius 2 is 1.55 bits per heavy atom. The summed E-state index contributed by atoms with van der Waals surface area (Å²) in [5.41, 5.74) is 11.5. The molecule has 0 amide bonds. The van der Waals surface area contributed by atoms with Gasteiger partial charge in [0, 0.05) is 25.0 Å². The van der Waals surface area contributed by atoms with Crippen molar-refractivity contribution in [2.45, 2.75) is 97.9 Å². The monoisotopic (exact) mass is 440 g/mol. The molecule has 0 spiro atoms. The summed E-state index contributed by atoms with van der Waals surface area (Å²) in [7, 11) is 0. The van der Waals surface area contributed by atoms with E-state index in [9.17, 15) is 0 Å². The quantitative estimate of drug-likeness (QED) is 0.324. The van der Waals surface area contributed by atoms with Crippen LogP contribution in [0.5, 0.6) is 0 Å². The lowest BCUT2D eigenvalue weighted by Gasteiger charge is -2.47. The Hall–Kier alpha value is -2.41. The van der Waals surface area contributed by atoms with Gasteiger partial charge in [0.25, 0.3) is 0 Å². The van der Waals surface area contributed by atoms with Gasteiger partial charge in [0.05, 0.1) is 11.0 Å². The van der Waals surface area contributed by atoms with Gasteiger partial charge in [0.2, 0.25) is 5.69 Å². The van der Waals surface area contributed by atoms with Crippen LogP contribution in [0, 0.1) is 13.8 Å². The maximum atomic E-state index is 2.61. The molecule has 0 aliphatic carbocycles. The molecule has 0 radical (unpaired) electrons. The highest BCUT2D eigenvalue weighted by Crippen LogP contribution is 2.51. The largest absolute Gasteiger partial charge is 0.213 e. The van der Waals surface area contributed by atoms with Gasteiger partial charge in [-0.15, -0.1) is 0 Å². The third-order valence-electron chi connectivity index (χ3n) is 8.91. The second-order valence-corrected chi connectivity index (χ2v) is 10.3. The predicted molar refractivity (Wildman–Crippen MR) is 142 cm³/mol. The molecule has 1 nitrogen and oxygen atoms in total. The van der Waals surface area contributed by atoms with Crippen molar-refractivity contribution in [1.82, 2.24) is 0 Å². The van der Waals surface area contributed by atoms with Crippen LogP contribution in [0.1, 0.15) is 89.0 Å². The van der Waals surface area contributed by atoms with Crippen LogP contribution in [0.15, 0.2) is 54.7 Å². The highest BCUT2D eigenvalue weighted by molar-refractivity contribution is 5.77. The number of pyridine rings is 1. The van der Waals surface area contributed by atoms with Gasteiger partial charge >= 0.3 is 0 Å². The van der Waals surface area contributed by atoms with Crippen LogP contribution in [-0.4, -0.2) is 0 Å². The zero-order valence-corrected chi connectivity index (χ0v) is 21.9. The highest BCUT2D eigenvalue weighted by atomic mass is 15.1. The summed E-state index contributed by atoms with van der Waals surface area (Å²) < 4.78 is 2.61. The van der Waals surface area contributed by atoms with Gasteiger partial charge in [-0.05, 0) is 85.5 Å². The van der Waals surface area contributed by atoms with E-state index in [-0.39, 0.29) is 11.0 Å². The minimum atomic E-state index is 0.0956. The molecule has 0 bridgehead atoms. The van der Waals surface area contributed by atoms with Gasteiger partial charge in [-0.25, -0.2) is 0 Å². The molecule has 1 aliphatic heterocycles. The van der Waals surface area contributed by atoms with Crippen molar-refractivity contribution < 1.29 is 4.57 Å². The second-order valence-electron chi connectivity index (χ2n) is 10.3. The number of aromatic nitrogens is 1. The molecular weight excluding hydrogens is 398 g/mol. The Kier molecular flexibility index (Phi) is 6.54. The molecule has 1 atom stereocenters. The lowest BCUT2D eigenvalue weighted by molar-refractivity contribution is -0.769. The number of hydrogen-bond acceptors (Lipinski definition) is 0. The van der Waals surface area contributed by atoms with Crippen molar-refractivity contribution in [2.24, 2.45) is 0 Å². The molecule has 3 aromatic rings. The number of hydrogen-bond donors (Lipinski definition) is 0. The van der Waals surface area contributed by atoms with Crippen molar-refractivity contribution in [3.63, 3.8) is 0 Å². The van der Waals surface area contributed by atoms with Gasteiger partial charge in [-0.1, -0.05) is 58.4 Å². The average Bonchev–Trinajstić information content (AvgIpc) is 2.84. The van der Waals surface area contributed by atoms with E-state index in [4.69, 9.17) is 0 Å². The number of aryl methyl sites for hydroxylation is 3. The third-order valence-corrected chi connectivity index (χ3v) is 8.91. The molecule has 2 heterocycles. The SMILES string of the molecule is CCCCc1cc(C)c(-c2ccc3c(c2)-c2cccc[n+]2C(CC)(CC)C3(C)CC)cc1C. The van der Waals surface area contributed by atoms with Gasteiger partial charge in [0.15, 0.2) is 11.7 Å². The lowest BCUT2D eigenvalue weighted by Crippen LogP contribution is -2.68. The first-order valence-electron chi connectivity index (χ1n) is 13.1. The Bertz CT molecular complexity index is 1150. The molecule has 1 heteroatoms. The van der Waals surface area contributed by atoms with E-state index in [1.807, 2.05) is 0 Å². The minimum absolute atomic E-state index is 0.0956. The molecule has 0 fully saturated rings. The van der Waals surface area contributed by atoms with Gasteiger partial charge in [0.1, 0.15) is 0 Å². The fourth-order valence-corrected chi connectivity index (χ4v) is 6.67. The van der Waals surface area contributed by atoms with Gasteiger partial charge in [-0.3, -0.25) is 0 Å². The zero-order valence-electron chi connectivity index (χ0n) is 21.9. The first-order chi connectivity index (χ1) is 15.9. The number of rotatable bonds is 7. The molecule has 0 saturated heterocycles. The maximum absolute atomic E-state index is 2.61. The van der Waals surface area contributed by atoms with E-state index in [1.165, 1.54) is 63.9 Å². The van der Waals surface area contributed by atoms with Crippen LogP contribution < -0.4 is 4.57 Å². The van der Waals surface area contributed by atoms with E-state index >= 15 is 0 Å². The van der Waals surface area contributed by atoms with E-state index in [1.54, 1.807) is 0 Å².